The van der Waals surface area contributed by atoms with Gasteiger partial charge in [0.25, 0.3) is 0 Å². The normalized spacial score (nSPS) is 21.5. The Hall–Kier alpha value is -1.68. The van der Waals surface area contributed by atoms with Crippen LogP contribution in [0.5, 0.6) is 11.5 Å². The minimum atomic E-state index is -0.559. The number of aromatic nitrogens is 2. The number of hydrogen-bond acceptors (Lipinski definition) is 6. The van der Waals surface area contributed by atoms with Gasteiger partial charge in [0.1, 0.15) is 12.1 Å². The van der Waals surface area contributed by atoms with Crippen molar-refractivity contribution in [2.45, 2.75) is 12.8 Å². The Morgan fingerprint density at radius 3 is 2.67 bits per heavy atom. The molecule has 3 atom stereocenters. The van der Waals surface area contributed by atoms with Gasteiger partial charge in [-0.2, -0.15) is 0 Å². The summed E-state index contributed by atoms with van der Waals surface area (Å²) >= 11 is 9.25. The maximum Gasteiger partial charge on any atom is 0.166 e. The van der Waals surface area contributed by atoms with Crippen LogP contribution in [-0.4, -0.2) is 36.8 Å². The molecular weight excluding hydrogens is 579 g/mol. The zero-order chi connectivity index (χ0) is 22.2. The topological polar surface area (TPSA) is 68.3 Å². The Morgan fingerprint density at radius 2 is 1.94 bits per heavy atom. The van der Waals surface area contributed by atoms with Gasteiger partial charge in [0.2, 0.25) is 0 Å². The molecule has 2 fully saturated rings. The van der Waals surface area contributed by atoms with E-state index in [0.29, 0.717) is 45.2 Å². The van der Waals surface area contributed by atoms with Crippen LogP contribution in [0.4, 0.5) is 15.9 Å². The maximum atomic E-state index is 14.6. The quantitative estimate of drug-likeness (QED) is 0.331. The van der Waals surface area contributed by atoms with Gasteiger partial charge in [-0.3, -0.25) is 0 Å². The molecule has 33 heavy (non-hydrogen) atoms. The van der Waals surface area contributed by atoms with Gasteiger partial charge in [-0.05, 0) is 77.8 Å². The van der Waals surface area contributed by atoms with Gasteiger partial charge in [-0.15, -0.1) is 17.0 Å². The van der Waals surface area contributed by atoms with Crippen LogP contribution in [0, 0.1) is 23.6 Å². The van der Waals surface area contributed by atoms with Crippen LogP contribution in [0.3, 0.4) is 0 Å². The Kier molecular flexibility index (Phi) is 7.63. The molecule has 10 heteroatoms. The minimum Gasteiger partial charge on any atom is -0.493 e. The molecule has 2 N–H and O–H groups in total. The average Bonchev–Trinajstić information content (AvgIpc) is 3.39. The van der Waals surface area contributed by atoms with E-state index in [1.165, 1.54) is 19.2 Å². The van der Waals surface area contributed by atoms with Gasteiger partial charge in [0, 0.05) is 15.9 Å². The summed E-state index contributed by atoms with van der Waals surface area (Å²) in [5.41, 5.74) is 0.896. The molecule has 1 saturated heterocycles. The van der Waals surface area contributed by atoms with Crippen molar-refractivity contribution in [2.24, 2.45) is 17.8 Å². The summed E-state index contributed by atoms with van der Waals surface area (Å²) in [6, 6.07) is 6.94. The fourth-order valence-corrected chi connectivity index (χ4v) is 5.29. The third-order valence-electron chi connectivity index (χ3n) is 6.44. The van der Waals surface area contributed by atoms with E-state index in [4.69, 9.17) is 21.1 Å². The standard InChI is InChI=1S/C23H23BrClFN4O2.BrH/c1-31-19-6-15-18(7-20(19)32-10-12-4-13-8-27-9-14(13)5-12)28-11-29-23(15)30-17-3-2-16(24)21(25)22(17)26;/h2-3,6-7,11-14,27H,4-5,8-10H2,1H3,(H,28,29,30);1H/t12?,13-,14?;/m0./s1. The van der Waals surface area contributed by atoms with Crippen LogP contribution in [0.1, 0.15) is 12.8 Å². The van der Waals surface area contributed by atoms with Gasteiger partial charge in [-0.1, -0.05) is 11.6 Å². The highest BCUT2D eigenvalue weighted by Crippen LogP contribution is 2.40. The molecule has 2 heterocycles. The lowest BCUT2D eigenvalue weighted by atomic mass is 10.0. The lowest BCUT2D eigenvalue weighted by molar-refractivity contribution is 0.234. The number of rotatable bonds is 6. The molecule has 1 aromatic heterocycles. The van der Waals surface area contributed by atoms with E-state index in [2.05, 4.69) is 36.5 Å². The first-order valence-electron chi connectivity index (χ1n) is 10.6. The fourth-order valence-electron chi connectivity index (χ4n) is 4.82. The molecule has 0 spiro atoms. The van der Waals surface area contributed by atoms with E-state index in [9.17, 15) is 4.39 Å². The number of ether oxygens (including phenoxy) is 2. The van der Waals surface area contributed by atoms with Crippen molar-refractivity contribution >= 4 is 66.9 Å². The van der Waals surface area contributed by atoms with E-state index in [1.54, 1.807) is 19.2 Å². The first kappa shape index (κ1) is 24.4. The van der Waals surface area contributed by atoms with Crippen molar-refractivity contribution in [3.8, 4) is 11.5 Å². The molecule has 0 amide bonds. The third-order valence-corrected chi connectivity index (χ3v) is 7.69. The van der Waals surface area contributed by atoms with Crippen molar-refractivity contribution in [3.05, 3.63) is 45.9 Å². The van der Waals surface area contributed by atoms with Crippen LogP contribution in [-0.2, 0) is 0 Å². The summed E-state index contributed by atoms with van der Waals surface area (Å²) in [5.74, 6) is 3.24. The van der Waals surface area contributed by atoms with Crippen LogP contribution in [0.15, 0.2) is 35.1 Å². The maximum absolute atomic E-state index is 14.6. The van der Waals surface area contributed by atoms with Crippen LogP contribution >= 0.6 is 44.5 Å². The molecule has 176 valence electrons. The number of methoxy groups -OCH3 is 1. The molecule has 2 unspecified atom stereocenters. The smallest absolute Gasteiger partial charge is 0.166 e. The monoisotopic (exact) mass is 600 g/mol. The number of fused-ring (bicyclic) bond motifs is 2. The number of nitrogens with one attached hydrogen (secondary N) is 2. The molecule has 1 saturated carbocycles. The largest absolute Gasteiger partial charge is 0.493 e. The molecule has 1 aliphatic heterocycles. The molecule has 2 aromatic carbocycles. The van der Waals surface area contributed by atoms with Crippen LogP contribution < -0.4 is 20.1 Å². The molecule has 6 nitrogen and oxygen atoms in total. The molecule has 2 aliphatic rings. The molecule has 0 bridgehead atoms. The van der Waals surface area contributed by atoms with Crippen molar-refractivity contribution < 1.29 is 13.9 Å². The molecule has 0 radical (unpaired) electrons. The highest BCUT2D eigenvalue weighted by molar-refractivity contribution is 9.10. The number of benzene rings is 2. The van der Waals surface area contributed by atoms with E-state index in [0.717, 1.165) is 24.9 Å². The lowest BCUT2D eigenvalue weighted by Gasteiger charge is -2.17. The van der Waals surface area contributed by atoms with Crippen LogP contribution in [0.2, 0.25) is 5.02 Å². The summed E-state index contributed by atoms with van der Waals surface area (Å²) in [5, 5.41) is 7.19. The minimum absolute atomic E-state index is 0. The third kappa shape index (κ3) is 4.92. The zero-order valence-corrected chi connectivity index (χ0v) is 22.0. The second-order valence-electron chi connectivity index (χ2n) is 8.42. The summed E-state index contributed by atoms with van der Waals surface area (Å²) in [7, 11) is 1.60. The van der Waals surface area contributed by atoms with Gasteiger partial charge < -0.3 is 20.1 Å². The highest BCUT2D eigenvalue weighted by Gasteiger charge is 2.37. The molecule has 1 aliphatic carbocycles. The van der Waals surface area contributed by atoms with Crippen molar-refractivity contribution in [1.82, 2.24) is 15.3 Å². The second kappa shape index (κ2) is 10.3. The number of hydrogen-bond donors (Lipinski definition) is 2. The van der Waals surface area contributed by atoms with Gasteiger partial charge in [0.15, 0.2) is 17.3 Å². The molecular formula is C23H24Br2ClFN4O2. The SMILES string of the molecule is Br.COc1cc2c(Nc3ccc(Br)c(Cl)c3F)ncnc2cc1OCC1CC2CNC[C@@H]2C1. The summed E-state index contributed by atoms with van der Waals surface area (Å²) in [6.45, 7) is 2.91. The fraction of sp³-hybridized carbons (Fsp3) is 0.391. The predicted octanol–water partition coefficient (Wildman–Crippen LogP) is 6.14. The van der Waals surface area contributed by atoms with Gasteiger partial charge >= 0.3 is 0 Å². The van der Waals surface area contributed by atoms with Crippen molar-refractivity contribution in [2.75, 3.05) is 32.1 Å². The highest BCUT2D eigenvalue weighted by atomic mass is 79.9. The Morgan fingerprint density at radius 1 is 1.18 bits per heavy atom. The van der Waals surface area contributed by atoms with Crippen LogP contribution in [0.25, 0.3) is 10.9 Å². The summed E-state index contributed by atoms with van der Waals surface area (Å²) < 4.78 is 26.8. The van der Waals surface area contributed by atoms with E-state index >= 15 is 0 Å². The first-order chi connectivity index (χ1) is 15.5. The Balaban J connectivity index is 0.00000259. The Bertz CT molecular complexity index is 1160. The average molecular weight is 603 g/mol. The summed E-state index contributed by atoms with van der Waals surface area (Å²) in [4.78, 5) is 8.67. The molecule has 5 rings (SSSR count). The number of anilines is 2. The van der Waals surface area contributed by atoms with Crippen molar-refractivity contribution in [1.29, 1.82) is 0 Å². The van der Waals surface area contributed by atoms with E-state index in [1.807, 2.05) is 12.1 Å². The van der Waals surface area contributed by atoms with Gasteiger partial charge in [0.05, 0.1) is 29.9 Å². The second-order valence-corrected chi connectivity index (χ2v) is 9.65. The predicted molar refractivity (Wildman–Crippen MR) is 137 cm³/mol. The number of halogens is 4. The van der Waals surface area contributed by atoms with Crippen molar-refractivity contribution in [3.63, 3.8) is 0 Å². The zero-order valence-electron chi connectivity index (χ0n) is 17.9. The first-order valence-corrected chi connectivity index (χ1v) is 11.8. The van der Waals surface area contributed by atoms with E-state index < -0.39 is 5.82 Å². The summed E-state index contributed by atoms with van der Waals surface area (Å²) in [6.07, 6.45) is 3.83. The van der Waals surface area contributed by atoms with E-state index in [-0.39, 0.29) is 27.7 Å². The van der Waals surface area contributed by atoms with Gasteiger partial charge in [-0.25, -0.2) is 14.4 Å². The Labute approximate surface area is 215 Å². The lowest BCUT2D eigenvalue weighted by Crippen LogP contribution is -2.15. The number of nitrogens with zero attached hydrogens (tertiary/aromatic N) is 2. The molecule has 3 aromatic rings.